The molecule has 3 saturated carbocycles. The Morgan fingerprint density at radius 2 is 1.67 bits per heavy atom. The van der Waals surface area contributed by atoms with E-state index in [1.165, 1.54) is 25.0 Å². The van der Waals surface area contributed by atoms with E-state index in [0.717, 1.165) is 62.5 Å². The van der Waals surface area contributed by atoms with Crippen molar-refractivity contribution in [2.45, 2.75) is 81.1 Å². The Balaban J connectivity index is 1.31. The number of nitrogens with zero attached hydrogens (tertiary/aromatic N) is 1. The van der Waals surface area contributed by atoms with Crippen LogP contribution >= 0.6 is 0 Å². The third-order valence-corrected chi connectivity index (χ3v) is 11.6. The molecule has 3 fully saturated rings. The topological polar surface area (TPSA) is 113 Å². The molecular weight excluding hydrogens is 534 g/mol. The van der Waals surface area contributed by atoms with Gasteiger partial charge in [0.25, 0.3) is 5.91 Å². The predicted molar refractivity (Wildman–Crippen MR) is 152 cm³/mol. The van der Waals surface area contributed by atoms with Gasteiger partial charge in [0.05, 0.1) is 11.2 Å². The number of hydrogen-bond acceptors (Lipinski definition) is 5. The lowest BCUT2D eigenvalue weighted by atomic mass is 9.66. The number of hydrogen-bond donors (Lipinski definition) is 2. The molecule has 6 rings (SSSR count). The lowest BCUT2D eigenvalue weighted by Crippen LogP contribution is -2.40. The molecule has 2 aromatic rings. The number of sulfonamides is 2. The monoisotopic (exact) mass is 571 g/mol. The van der Waals surface area contributed by atoms with Crippen LogP contribution in [0.25, 0.3) is 0 Å². The Morgan fingerprint density at radius 1 is 0.949 bits per heavy atom. The summed E-state index contributed by atoms with van der Waals surface area (Å²) in [6.45, 7) is 2.64. The lowest BCUT2D eigenvalue weighted by molar-refractivity contribution is 0.0980. The summed E-state index contributed by atoms with van der Waals surface area (Å²) < 4.78 is 55.6. The highest BCUT2D eigenvalue weighted by Gasteiger charge is 2.53. The van der Waals surface area contributed by atoms with Crippen LogP contribution in [-0.4, -0.2) is 41.6 Å². The SMILES string of the molecule is CC1CCC(NS(=O)(=O)c2cccc(C(=O)N3CC4(CCC5(CC5)CC4)c4cc(NS(C)(=O)=O)ccc43)c2)C1. The van der Waals surface area contributed by atoms with Crippen molar-refractivity contribution in [1.82, 2.24) is 4.72 Å². The van der Waals surface area contributed by atoms with E-state index in [4.69, 9.17) is 0 Å². The fourth-order valence-corrected chi connectivity index (χ4v) is 8.93. The molecule has 0 aromatic heterocycles. The van der Waals surface area contributed by atoms with Gasteiger partial charge in [0.1, 0.15) is 0 Å². The Kier molecular flexibility index (Phi) is 6.39. The first-order valence-electron chi connectivity index (χ1n) is 13.9. The van der Waals surface area contributed by atoms with Crippen molar-refractivity contribution < 1.29 is 21.6 Å². The summed E-state index contributed by atoms with van der Waals surface area (Å²) in [7, 11) is -7.19. The molecule has 0 radical (unpaired) electrons. The number of nitrogens with one attached hydrogen (secondary N) is 2. The van der Waals surface area contributed by atoms with E-state index in [0.29, 0.717) is 29.1 Å². The van der Waals surface area contributed by atoms with Gasteiger partial charge in [-0.25, -0.2) is 21.6 Å². The molecule has 2 spiro atoms. The highest BCUT2D eigenvalue weighted by Crippen LogP contribution is 2.62. The van der Waals surface area contributed by atoms with Crippen LogP contribution in [0.3, 0.4) is 0 Å². The predicted octanol–water partition coefficient (Wildman–Crippen LogP) is 4.78. The molecule has 10 heteroatoms. The number of rotatable bonds is 6. The molecule has 2 unspecified atom stereocenters. The summed E-state index contributed by atoms with van der Waals surface area (Å²) in [5.41, 5.74) is 2.82. The van der Waals surface area contributed by atoms with E-state index in [2.05, 4.69) is 16.4 Å². The second kappa shape index (κ2) is 9.31. The van der Waals surface area contributed by atoms with Gasteiger partial charge in [-0.05, 0) is 111 Å². The Hall–Kier alpha value is -2.43. The van der Waals surface area contributed by atoms with Crippen LogP contribution in [0.15, 0.2) is 47.4 Å². The minimum absolute atomic E-state index is 0.0783. The van der Waals surface area contributed by atoms with E-state index >= 15 is 0 Å². The maximum atomic E-state index is 14.0. The van der Waals surface area contributed by atoms with Gasteiger partial charge in [0.15, 0.2) is 0 Å². The zero-order valence-corrected chi connectivity index (χ0v) is 24.2. The zero-order chi connectivity index (χ0) is 27.6. The third kappa shape index (κ3) is 5.23. The van der Waals surface area contributed by atoms with Crippen LogP contribution in [0.5, 0.6) is 0 Å². The van der Waals surface area contributed by atoms with Gasteiger partial charge < -0.3 is 4.90 Å². The van der Waals surface area contributed by atoms with Crippen molar-refractivity contribution in [1.29, 1.82) is 0 Å². The van der Waals surface area contributed by atoms with Gasteiger partial charge in [-0.3, -0.25) is 9.52 Å². The molecular formula is C29H37N3O5S2. The molecule has 4 aliphatic rings. The van der Waals surface area contributed by atoms with Gasteiger partial charge in [0, 0.05) is 34.9 Å². The first-order valence-corrected chi connectivity index (χ1v) is 17.3. The van der Waals surface area contributed by atoms with Crippen molar-refractivity contribution in [3.8, 4) is 0 Å². The minimum atomic E-state index is -3.75. The van der Waals surface area contributed by atoms with Crippen LogP contribution in [-0.2, 0) is 25.5 Å². The van der Waals surface area contributed by atoms with E-state index < -0.39 is 20.0 Å². The van der Waals surface area contributed by atoms with Crippen LogP contribution in [0.1, 0.15) is 80.6 Å². The molecule has 0 bridgehead atoms. The number of benzene rings is 2. The third-order valence-electron chi connectivity index (χ3n) is 9.50. The van der Waals surface area contributed by atoms with Crippen molar-refractivity contribution in [3.05, 3.63) is 53.6 Å². The molecule has 3 aliphatic carbocycles. The summed E-state index contributed by atoms with van der Waals surface area (Å²) >= 11 is 0. The second-order valence-corrected chi connectivity index (χ2v) is 16.0. The van der Waals surface area contributed by atoms with Crippen LogP contribution < -0.4 is 14.3 Å². The quantitative estimate of drug-likeness (QED) is 0.518. The molecule has 0 saturated heterocycles. The van der Waals surface area contributed by atoms with Crippen LogP contribution in [0, 0.1) is 11.3 Å². The lowest BCUT2D eigenvalue weighted by Gasteiger charge is -2.38. The highest BCUT2D eigenvalue weighted by molar-refractivity contribution is 7.92. The van der Waals surface area contributed by atoms with E-state index in [-0.39, 0.29) is 22.3 Å². The summed E-state index contributed by atoms with van der Waals surface area (Å²) in [5, 5.41) is 0. The highest BCUT2D eigenvalue weighted by atomic mass is 32.2. The standard InChI is InChI=1S/C29H37N3O5S2/c1-20-6-7-22(16-20)31-39(36,37)24-5-3-4-21(17-24)27(33)32-19-29(14-12-28(10-11-28)13-15-29)25-18-23(8-9-26(25)32)30-38(2,34)35/h3-5,8-9,17-18,20,22,30-31H,6-7,10-16,19H2,1-2H3. The Labute approximate surface area is 231 Å². The van der Waals surface area contributed by atoms with Crippen molar-refractivity contribution in [2.75, 3.05) is 22.4 Å². The maximum absolute atomic E-state index is 14.0. The number of amides is 1. The molecule has 2 aromatic carbocycles. The van der Waals surface area contributed by atoms with Gasteiger partial charge >= 0.3 is 0 Å². The van der Waals surface area contributed by atoms with Crippen molar-refractivity contribution in [2.24, 2.45) is 11.3 Å². The molecule has 210 valence electrons. The molecule has 8 nitrogen and oxygen atoms in total. The molecule has 1 aliphatic heterocycles. The van der Waals surface area contributed by atoms with Gasteiger partial charge in [0.2, 0.25) is 20.0 Å². The zero-order valence-electron chi connectivity index (χ0n) is 22.6. The van der Waals surface area contributed by atoms with Gasteiger partial charge in [-0.2, -0.15) is 0 Å². The summed E-state index contributed by atoms with van der Waals surface area (Å²) in [6, 6.07) is 11.6. The Morgan fingerprint density at radius 3 is 2.31 bits per heavy atom. The number of anilines is 2. The molecule has 39 heavy (non-hydrogen) atoms. The van der Waals surface area contributed by atoms with Crippen LogP contribution in [0.2, 0.25) is 0 Å². The number of carbonyl (C=O) groups excluding carboxylic acids is 1. The molecule has 2 N–H and O–H groups in total. The van der Waals surface area contributed by atoms with E-state index in [9.17, 15) is 21.6 Å². The van der Waals surface area contributed by atoms with Crippen molar-refractivity contribution in [3.63, 3.8) is 0 Å². The van der Waals surface area contributed by atoms with Gasteiger partial charge in [-0.1, -0.05) is 13.0 Å². The molecule has 1 heterocycles. The van der Waals surface area contributed by atoms with E-state index in [1.807, 2.05) is 12.1 Å². The number of carbonyl (C=O) groups is 1. The first kappa shape index (κ1) is 26.8. The summed E-state index contributed by atoms with van der Waals surface area (Å²) in [4.78, 5) is 15.8. The normalized spacial score (nSPS) is 25.1. The van der Waals surface area contributed by atoms with E-state index in [1.54, 1.807) is 23.1 Å². The first-order chi connectivity index (χ1) is 18.4. The summed E-state index contributed by atoms with van der Waals surface area (Å²) in [6.07, 6.45) is 10.4. The Bertz CT molecular complexity index is 1520. The fraction of sp³-hybridized carbons (Fsp3) is 0.552. The maximum Gasteiger partial charge on any atom is 0.258 e. The minimum Gasteiger partial charge on any atom is -0.307 e. The van der Waals surface area contributed by atoms with Crippen molar-refractivity contribution >= 4 is 37.3 Å². The van der Waals surface area contributed by atoms with Gasteiger partial charge in [-0.15, -0.1) is 0 Å². The average Bonchev–Trinajstić information content (AvgIpc) is 3.41. The van der Waals surface area contributed by atoms with Crippen LogP contribution in [0.4, 0.5) is 11.4 Å². The second-order valence-electron chi connectivity index (χ2n) is 12.5. The molecule has 2 atom stereocenters. The number of fused-ring (bicyclic) bond motifs is 2. The summed E-state index contributed by atoms with van der Waals surface area (Å²) in [5.74, 6) is 0.256. The fourth-order valence-electron chi connectivity index (χ4n) is 7.04. The smallest absolute Gasteiger partial charge is 0.258 e. The average molecular weight is 572 g/mol. The largest absolute Gasteiger partial charge is 0.307 e. The molecule has 1 amide bonds.